The van der Waals surface area contributed by atoms with Gasteiger partial charge >= 0.3 is 12.0 Å². The lowest BCUT2D eigenvalue weighted by atomic mass is 10.1. The molecule has 1 atom stereocenters. The van der Waals surface area contributed by atoms with Crippen LogP contribution in [0.1, 0.15) is 17.3 Å². The maximum Gasteiger partial charge on any atom is 0.337 e. The number of hydrogen-bond acceptors (Lipinski definition) is 3. The molecule has 6 heteroatoms. The molecule has 0 bridgehead atoms. The van der Waals surface area contributed by atoms with Gasteiger partial charge in [0, 0.05) is 31.1 Å². The van der Waals surface area contributed by atoms with Crippen LogP contribution in [-0.2, 0) is 0 Å². The lowest BCUT2D eigenvalue weighted by molar-refractivity contribution is 0.0697. The number of para-hydroxylation sites is 1. The Bertz CT molecular complexity index is 521. The Hall–Kier alpha value is -1.69. The molecular weight excluding hydrogens is 276 g/mol. The van der Waals surface area contributed by atoms with E-state index < -0.39 is 5.97 Å². The van der Waals surface area contributed by atoms with Gasteiger partial charge < -0.3 is 10.0 Å². The molecule has 1 unspecified atom stereocenters. The van der Waals surface area contributed by atoms with Gasteiger partial charge in [0.25, 0.3) is 0 Å². The summed E-state index contributed by atoms with van der Waals surface area (Å²) in [7, 11) is 1.62. The highest BCUT2D eigenvalue weighted by Crippen LogP contribution is 2.23. The Morgan fingerprint density at radius 1 is 1.40 bits per heavy atom. The van der Waals surface area contributed by atoms with Crippen molar-refractivity contribution >= 4 is 29.4 Å². The summed E-state index contributed by atoms with van der Waals surface area (Å²) in [6, 6.07) is 6.41. The van der Waals surface area contributed by atoms with Crippen molar-refractivity contribution in [3.05, 3.63) is 29.8 Å². The average molecular weight is 294 g/mol. The van der Waals surface area contributed by atoms with Gasteiger partial charge in [-0.2, -0.15) is 11.8 Å². The number of carboxylic acids is 1. The van der Waals surface area contributed by atoms with Crippen LogP contribution < -0.4 is 4.90 Å². The van der Waals surface area contributed by atoms with Gasteiger partial charge in [-0.25, -0.2) is 9.59 Å². The van der Waals surface area contributed by atoms with E-state index in [4.69, 9.17) is 0 Å². The lowest BCUT2D eigenvalue weighted by Crippen LogP contribution is -2.47. The topological polar surface area (TPSA) is 60.9 Å². The van der Waals surface area contributed by atoms with E-state index in [-0.39, 0.29) is 11.6 Å². The summed E-state index contributed by atoms with van der Waals surface area (Å²) in [4.78, 5) is 26.9. The second-order valence-corrected chi connectivity index (χ2v) is 6.34. The van der Waals surface area contributed by atoms with Crippen LogP contribution in [0.3, 0.4) is 0 Å². The first-order valence-corrected chi connectivity index (χ1v) is 7.52. The molecule has 0 spiro atoms. The molecule has 20 heavy (non-hydrogen) atoms. The van der Waals surface area contributed by atoms with Gasteiger partial charge in [-0.15, -0.1) is 0 Å². The zero-order chi connectivity index (χ0) is 14.7. The number of carbonyl (C=O) groups excluding carboxylic acids is 1. The molecule has 1 heterocycles. The van der Waals surface area contributed by atoms with Crippen molar-refractivity contribution in [3.63, 3.8) is 0 Å². The van der Waals surface area contributed by atoms with E-state index in [0.717, 1.165) is 5.75 Å². The van der Waals surface area contributed by atoms with E-state index in [1.54, 1.807) is 30.1 Å². The molecular formula is C14H18N2O3S. The van der Waals surface area contributed by atoms with Crippen LogP contribution in [0.5, 0.6) is 0 Å². The summed E-state index contributed by atoms with van der Waals surface area (Å²) in [5, 5.41) is 9.61. The molecule has 1 aromatic rings. The molecule has 1 saturated heterocycles. The average Bonchev–Trinajstić information content (AvgIpc) is 2.45. The minimum Gasteiger partial charge on any atom is -0.478 e. The van der Waals surface area contributed by atoms with Gasteiger partial charge in [0.15, 0.2) is 0 Å². The molecule has 1 aromatic carbocycles. The predicted octanol–water partition coefficient (Wildman–Crippen LogP) is 2.38. The van der Waals surface area contributed by atoms with E-state index in [0.29, 0.717) is 24.0 Å². The number of hydrogen-bond donors (Lipinski definition) is 1. The minimum absolute atomic E-state index is 0.141. The Balaban J connectivity index is 2.20. The van der Waals surface area contributed by atoms with E-state index >= 15 is 0 Å². The van der Waals surface area contributed by atoms with Crippen LogP contribution in [0.15, 0.2) is 24.3 Å². The predicted molar refractivity (Wildman–Crippen MR) is 80.7 cm³/mol. The van der Waals surface area contributed by atoms with Gasteiger partial charge in [-0.3, -0.25) is 4.90 Å². The second kappa shape index (κ2) is 6.17. The molecule has 2 rings (SSSR count). The number of rotatable bonds is 2. The van der Waals surface area contributed by atoms with Gasteiger partial charge in [0.05, 0.1) is 11.3 Å². The number of amides is 2. The van der Waals surface area contributed by atoms with Crippen molar-refractivity contribution in [1.82, 2.24) is 4.90 Å². The third kappa shape index (κ3) is 3.07. The second-order valence-electron chi connectivity index (χ2n) is 4.79. The Morgan fingerprint density at radius 2 is 2.10 bits per heavy atom. The molecule has 1 aliphatic heterocycles. The lowest BCUT2D eigenvalue weighted by Gasteiger charge is -2.34. The zero-order valence-electron chi connectivity index (χ0n) is 11.6. The molecule has 1 fully saturated rings. The van der Waals surface area contributed by atoms with Gasteiger partial charge in [0.2, 0.25) is 0 Å². The largest absolute Gasteiger partial charge is 0.478 e. The van der Waals surface area contributed by atoms with Gasteiger partial charge in [0.1, 0.15) is 0 Å². The molecule has 2 amide bonds. The van der Waals surface area contributed by atoms with Crippen molar-refractivity contribution in [2.45, 2.75) is 12.2 Å². The molecule has 0 saturated carbocycles. The van der Waals surface area contributed by atoms with Crippen molar-refractivity contribution in [1.29, 1.82) is 0 Å². The van der Waals surface area contributed by atoms with Crippen LogP contribution in [0, 0.1) is 0 Å². The summed E-state index contributed by atoms with van der Waals surface area (Å²) < 4.78 is 0. The molecule has 0 radical (unpaired) electrons. The standard InChI is InChI=1S/C14H18N2O3S/c1-10-9-16(7-8-20-10)14(19)15(2)12-6-4-3-5-11(12)13(17)18/h3-6,10H,7-9H2,1-2H3,(H,17,18). The maximum absolute atomic E-state index is 12.5. The number of urea groups is 1. The number of benzene rings is 1. The van der Waals surface area contributed by atoms with Crippen molar-refractivity contribution in [3.8, 4) is 0 Å². The number of aromatic carboxylic acids is 1. The van der Waals surface area contributed by atoms with Crippen LogP contribution in [0.2, 0.25) is 0 Å². The first-order chi connectivity index (χ1) is 9.50. The number of carboxylic acid groups (broad SMARTS) is 1. The fourth-order valence-electron chi connectivity index (χ4n) is 2.25. The zero-order valence-corrected chi connectivity index (χ0v) is 12.4. The third-order valence-electron chi connectivity index (χ3n) is 3.29. The van der Waals surface area contributed by atoms with Crippen LogP contribution in [0.4, 0.5) is 10.5 Å². The van der Waals surface area contributed by atoms with Crippen molar-refractivity contribution in [2.24, 2.45) is 0 Å². The van der Waals surface area contributed by atoms with Crippen LogP contribution in [0.25, 0.3) is 0 Å². The molecule has 0 aromatic heterocycles. The fourth-order valence-corrected chi connectivity index (χ4v) is 3.27. The van der Waals surface area contributed by atoms with Crippen LogP contribution in [-0.4, -0.2) is 53.1 Å². The minimum atomic E-state index is -1.03. The van der Waals surface area contributed by atoms with Gasteiger partial charge in [-0.1, -0.05) is 19.1 Å². The van der Waals surface area contributed by atoms with E-state index in [1.165, 1.54) is 11.0 Å². The summed E-state index contributed by atoms with van der Waals surface area (Å²) in [5.41, 5.74) is 0.568. The van der Waals surface area contributed by atoms with E-state index in [2.05, 4.69) is 6.92 Å². The quantitative estimate of drug-likeness (QED) is 0.909. The summed E-state index contributed by atoms with van der Waals surface area (Å²) in [5.74, 6) is -0.107. The highest BCUT2D eigenvalue weighted by Gasteiger charge is 2.26. The summed E-state index contributed by atoms with van der Waals surface area (Å²) >= 11 is 1.85. The van der Waals surface area contributed by atoms with Crippen molar-refractivity contribution in [2.75, 3.05) is 30.8 Å². The monoisotopic (exact) mass is 294 g/mol. The smallest absolute Gasteiger partial charge is 0.337 e. The molecule has 1 aliphatic rings. The maximum atomic E-state index is 12.5. The SMILES string of the molecule is CC1CN(C(=O)N(C)c2ccccc2C(=O)O)CCS1. The Labute approximate surface area is 122 Å². The molecule has 5 nitrogen and oxygen atoms in total. The normalized spacial score (nSPS) is 18.7. The van der Waals surface area contributed by atoms with Crippen molar-refractivity contribution < 1.29 is 14.7 Å². The van der Waals surface area contributed by atoms with Crippen LogP contribution >= 0.6 is 11.8 Å². The molecule has 1 N–H and O–H groups in total. The number of carbonyl (C=O) groups is 2. The number of nitrogens with zero attached hydrogens (tertiary/aromatic N) is 2. The highest BCUT2D eigenvalue weighted by atomic mass is 32.2. The van der Waals surface area contributed by atoms with E-state index in [9.17, 15) is 14.7 Å². The first kappa shape index (κ1) is 14.7. The number of anilines is 1. The first-order valence-electron chi connectivity index (χ1n) is 6.47. The summed E-state index contributed by atoms with van der Waals surface area (Å²) in [6.45, 7) is 3.49. The molecule has 0 aliphatic carbocycles. The fraction of sp³-hybridized carbons (Fsp3) is 0.429. The van der Waals surface area contributed by atoms with Gasteiger partial charge in [-0.05, 0) is 12.1 Å². The highest BCUT2D eigenvalue weighted by molar-refractivity contribution is 7.99. The Kier molecular flexibility index (Phi) is 4.54. The Morgan fingerprint density at radius 3 is 2.75 bits per heavy atom. The third-order valence-corrected chi connectivity index (χ3v) is 4.43. The number of thioether (sulfide) groups is 1. The molecule has 108 valence electrons. The van der Waals surface area contributed by atoms with E-state index in [1.807, 2.05) is 11.8 Å². The summed E-state index contributed by atoms with van der Waals surface area (Å²) in [6.07, 6.45) is 0.